The number of methoxy groups -OCH3 is 1. The van der Waals surface area contributed by atoms with Gasteiger partial charge in [0.15, 0.2) is 0 Å². The normalized spacial score (nSPS) is 17.6. The van der Waals surface area contributed by atoms with Crippen LogP contribution in [0.4, 0.5) is 0 Å². The highest BCUT2D eigenvalue weighted by molar-refractivity contribution is 7.89. The lowest BCUT2D eigenvalue weighted by Gasteiger charge is -2.36. The largest absolute Gasteiger partial charge is 0.497 e. The fraction of sp³-hybridized carbons (Fsp3) is 0.381. The van der Waals surface area contributed by atoms with E-state index in [1.807, 2.05) is 45.0 Å². The number of nitrogens with one attached hydrogen (secondary N) is 1. The summed E-state index contributed by atoms with van der Waals surface area (Å²) in [6.45, 7) is 5.80. The van der Waals surface area contributed by atoms with Gasteiger partial charge in [-0.2, -0.15) is 4.31 Å². The Kier molecular flexibility index (Phi) is 5.50. The lowest BCUT2D eigenvalue weighted by molar-refractivity contribution is -0.126. The van der Waals surface area contributed by atoms with E-state index in [9.17, 15) is 13.2 Å². The second-order valence-electron chi connectivity index (χ2n) is 7.95. The van der Waals surface area contributed by atoms with E-state index in [1.165, 1.54) is 23.5 Å². The van der Waals surface area contributed by atoms with Crippen molar-refractivity contribution in [3.05, 3.63) is 59.7 Å². The lowest BCUT2D eigenvalue weighted by atomic mass is 9.95. The molecule has 1 amide bonds. The van der Waals surface area contributed by atoms with Gasteiger partial charge in [0.25, 0.3) is 0 Å². The van der Waals surface area contributed by atoms with E-state index in [2.05, 4.69) is 5.32 Å². The van der Waals surface area contributed by atoms with Crippen molar-refractivity contribution >= 4 is 15.9 Å². The van der Waals surface area contributed by atoms with Crippen LogP contribution in [-0.2, 0) is 27.8 Å². The predicted molar refractivity (Wildman–Crippen MR) is 108 cm³/mol. The number of sulfonamides is 1. The molecule has 0 spiro atoms. The van der Waals surface area contributed by atoms with Gasteiger partial charge in [-0.25, -0.2) is 8.42 Å². The Morgan fingerprint density at radius 1 is 1.07 bits per heavy atom. The third kappa shape index (κ3) is 4.20. The van der Waals surface area contributed by atoms with Gasteiger partial charge in [0.05, 0.1) is 12.0 Å². The minimum absolute atomic E-state index is 0.140. The summed E-state index contributed by atoms with van der Waals surface area (Å²) >= 11 is 0. The van der Waals surface area contributed by atoms with Crippen molar-refractivity contribution in [3.8, 4) is 5.75 Å². The summed E-state index contributed by atoms with van der Waals surface area (Å²) in [6, 6.07) is 13.1. The molecule has 0 fully saturated rings. The van der Waals surface area contributed by atoms with E-state index < -0.39 is 21.6 Å². The van der Waals surface area contributed by atoms with Gasteiger partial charge in [-0.15, -0.1) is 0 Å². The molecule has 0 radical (unpaired) electrons. The topological polar surface area (TPSA) is 75.7 Å². The molecule has 1 N–H and O–H groups in total. The number of carbonyl (C=O) groups is 1. The van der Waals surface area contributed by atoms with Gasteiger partial charge in [-0.1, -0.05) is 24.3 Å². The Morgan fingerprint density at radius 2 is 1.68 bits per heavy atom. The average molecular weight is 403 g/mol. The summed E-state index contributed by atoms with van der Waals surface area (Å²) < 4.78 is 33.2. The molecular formula is C21H26N2O4S. The number of fused-ring (bicyclic) bond motifs is 1. The zero-order valence-corrected chi connectivity index (χ0v) is 17.4. The smallest absolute Gasteiger partial charge is 0.244 e. The van der Waals surface area contributed by atoms with E-state index in [4.69, 9.17) is 4.74 Å². The molecule has 0 aromatic heterocycles. The molecule has 0 saturated carbocycles. The number of hydrogen-bond acceptors (Lipinski definition) is 4. The third-order valence-electron chi connectivity index (χ3n) is 4.67. The van der Waals surface area contributed by atoms with Gasteiger partial charge in [0.2, 0.25) is 15.9 Å². The molecule has 0 aliphatic carbocycles. The van der Waals surface area contributed by atoms with Gasteiger partial charge >= 0.3 is 0 Å². The van der Waals surface area contributed by atoms with Crippen molar-refractivity contribution in [2.45, 2.75) is 50.2 Å². The number of carbonyl (C=O) groups excluding carboxylic acids is 1. The number of amides is 1. The fourth-order valence-corrected chi connectivity index (χ4v) is 4.88. The van der Waals surface area contributed by atoms with E-state index in [-0.39, 0.29) is 17.3 Å². The van der Waals surface area contributed by atoms with Crippen LogP contribution in [0.2, 0.25) is 0 Å². The molecule has 2 aromatic rings. The average Bonchev–Trinajstić information content (AvgIpc) is 2.65. The minimum atomic E-state index is -3.86. The van der Waals surface area contributed by atoms with Crippen LogP contribution in [0.3, 0.4) is 0 Å². The maximum Gasteiger partial charge on any atom is 0.244 e. The number of benzene rings is 2. The standard InChI is InChI=1S/C21H26N2O4S/c1-21(2,3)22-20(24)19-13-15-7-5-6-8-16(15)14-23(19)28(25,26)18-11-9-17(27-4)10-12-18/h5-12,19H,13-14H2,1-4H3,(H,22,24)/t19-/m0/s1. The van der Waals surface area contributed by atoms with Crippen LogP contribution >= 0.6 is 0 Å². The molecule has 1 heterocycles. The zero-order valence-electron chi connectivity index (χ0n) is 16.6. The molecular weight excluding hydrogens is 376 g/mol. The van der Waals surface area contributed by atoms with Gasteiger partial charge in [-0.05, 0) is 62.6 Å². The summed E-state index contributed by atoms with van der Waals surface area (Å²) in [5.74, 6) is 0.282. The first kappa shape index (κ1) is 20.4. The van der Waals surface area contributed by atoms with Gasteiger partial charge in [0, 0.05) is 12.1 Å². The Balaban J connectivity index is 2.01. The van der Waals surface area contributed by atoms with Crippen molar-refractivity contribution < 1.29 is 17.9 Å². The summed E-state index contributed by atoms with van der Waals surface area (Å²) in [5, 5.41) is 2.93. The van der Waals surface area contributed by atoms with E-state index in [0.717, 1.165) is 11.1 Å². The zero-order chi connectivity index (χ0) is 20.5. The molecule has 2 aromatic carbocycles. The minimum Gasteiger partial charge on any atom is -0.497 e. The second kappa shape index (κ2) is 7.56. The summed E-state index contributed by atoms with van der Waals surface area (Å²) in [4.78, 5) is 13.1. The van der Waals surface area contributed by atoms with Crippen LogP contribution in [-0.4, -0.2) is 37.3 Å². The Hall–Kier alpha value is -2.38. The molecule has 1 aliphatic rings. The van der Waals surface area contributed by atoms with Gasteiger partial charge in [0.1, 0.15) is 11.8 Å². The molecule has 7 heteroatoms. The van der Waals surface area contributed by atoms with Crippen LogP contribution in [0.25, 0.3) is 0 Å². The molecule has 150 valence electrons. The molecule has 0 unspecified atom stereocenters. The number of rotatable bonds is 4. The van der Waals surface area contributed by atoms with Gasteiger partial charge in [-0.3, -0.25) is 4.79 Å². The first-order valence-corrected chi connectivity index (χ1v) is 10.6. The highest BCUT2D eigenvalue weighted by Gasteiger charge is 2.40. The highest BCUT2D eigenvalue weighted by atomic mass is 32.2. The number of nitrogens with zero attached hydrogens (tertiary/aromatic N) is 1. The molecule has 1 aliphatic heterocycles. The van der Waals surface area contributed by atoms with Crippen molar-refractivity contribution in [1.82, 2.24) is 9.62 Å². The van der Waals surface area contributed by atoms with Crippen molar-refractivity contribution in [2.75, 3.05) is 7.11 Å². The molecule has 28 heavy (non-hydrogen) atoms. The van der Waals surface area contributed by atoms with Crippen LogP contribution in [0, 0.1) is 0 Å². The SMILES string of the molecule is COc1ccc(S(=O)(=O)N2Cc3ccccc3C[C@H]2C(=O)NC(C)(C)C)cc1. The maximum atomic E-state index is 13.4. The fourth-order valence-electron chi connectivity index (χ4n) is 3.31. The van der Waals surface area contributed by atoms with Crippen molar-refractivity contribution in [3.63, 3.8) is 0 Å². The monoisotopic (exact) mass is 402 g/mol. The third-order valence-corrected chi connectivity index (χ3v) is 6.54. The summed E-state index contributed by atoms with van der Waals surface area (Å²) in [5.41, 5.74) is 1.46. The first-order valence-electron chi connectivity index (χ1n) is 9.16. The van der Waals surface area contributed by atoms with Crippen LogP contribution in [0.1, 0.15) is 31.9 Å². The summed E-state index contributed by atoms with van der Waals surface area (Å²) in [6.07, 6.45) is 0.341. The van der Waals surface area contributed by atoms with Crippen molar-refractivity contribution in [1.29, 1.82) is 0 Å². The maximum absolute atomic E-state index is 13.4. The molecule has 0 saturated heterocycles. The quantitative estimate of drug-likeness (QED) is 0.853. The Labute approximate surface area is 166 Å². The van der Waals surface area contributed by atoms with Crippen LogP contribution in [0.5, 0.6) is 5.75 Å². The van der Waals surface area contributed by atoms with E-state index in [1.54, 1.807) is 12.1 Å². The Bertz CT molecular complexity index is 963. The van der Waals surface area contributed by atoms with E-state index >= 15 is 0 Å². The molecule has 1 atom stereocenters. The summed E-state index contributed by atoms with van der Waals surface area (Å²) in [7, 11) is -2.34. The van der Waals surface area contributed by atoms with Gasteiger partial charge < -0.3 is 10.1 Å². The highest BCUT2D eigenvalue weighted by Crippen LogP contribution is 2.30. The van der Waals surface area contributed by atoms with Crippen LogP contribution in [0.15, 0.2) is 53.4 Å². The van der Waals surface area contributed by atoms with Crippen LogP contribution < -0.4 is 10.1 Å². The second-order valence-corrected chi connectivity index (χ2v) is 9.84. The molecule has 0 bridgehead atoms. The lowest BCUT2D eigenvalue weighted by Crippen LogP contribution is -2.55. The molecule has 6 nitrogen and oxygen atoms in total. The Morgan fingerprint density at radius 3 is 2.25 bits per heavy atom. The van der Waals surface area contributed by atoms with Crippen molar-refractivity contribution in [2.24, 2.45) is 0 Å². The van der Waals surface area contributed by atoms with E-state index in [0.29, 0.717) is 12.2 Å². The number of hydrogen-bond donors (Lipinski definition) is 1. The molecule has 3 rings (SSSR count). The predicted octanol–water partition coefficient (Wildman–Crippen LogP) is 2.73. The first-order chi connectivity index (χ1) is 13.1. The number of ether oxygens (including phenoxy) is 1.